The van der Waals surface area contributed by atoms with Crippen LogP contribution in [0.5, 0.6) is 0 Å². The summed E-state index contributed by atoms with van der Waals surface area (Å²) in [6.07, 6.45) is 1.98. The van der Waals surface area contributed by atoms with Gasteiger partial charge in [0.05, 0.1) is 6.61 Å². The van der Waals surface area contributed by atoms with E-state index in [1.54, 1.807) is 6.07 Å². The number of benzene rings is 2. The maximum Gasteiger partial charge on any atom is 0.253 e. The number of hydrogen-bond donors (Lipinski definition) is 1. The Kier molecular flexibility index (Phi) is 8.78. The predicted molar refractivity (Wildman–Crippen MR) is 123 cm³/mol. The highest BCUT2D eigenvalue weighted by molar-refractivity contribution is 7.99. The van der Waals surface area contributed by atoms with Gasteiger partial charge in [-0.25, -0.2) is 0 Å². The van der Waals surface area contributed by atoms with Gasteiger partial charge in [0.25, 0.3) is 5.91 Å². The van der Waals surface area contributed by atoms with Crippen molar-refractivity contribution in [2.75, 3.05) is 43.1 Å². The van der Waals surface area contributed by atoms with E-state index in [1.807, 2.05) is 53.9 Å². The Labute approximate surface area is 183 Å². The molecule has 3 rings (SSSR count). The smallest absolute Gasteiger partial charge is 0.253 e. The maximum absolute atomic E-state index is 12.6. The number of nitrogens with one attached hydrogen (secondary N) is 1. The molecule has 0 atom stereocenters. The average molecular weight is 427 g/mol. The predicted octanol–water partition coefficient (Wildman–Crippen LogP) is 4.16. The van der Waals surface area contributed by atoms with E-state index in [9.17, 15) is 9.59 Å². The van der Waals surface area contributed by atoms with Crippen LogP contribution in [0.3, 0.4) is 0 Å². The number of rotatable bonds is 9. The number of carbonyl (C=O) groups excluding carboxylic acids is 2. The zero-order valence-corrected chi connectivity index (χ0v) is 18.4. The molecule has 0 bridgehead atoms. The number of carbonyl (C=O) groups is 2. The second-order valence-electron chi connectivity index (χ2n) is 7.43. The molecule has 2 aromatic rings. The topological polar surface area (TPSA) is 58.6 Å². The first-order chi connectivity index (χ1) is 14.6. The van der Waals surface area contributed by atoms with Crippen molar-refractivity contribution in [1.82, 2.24) is 4.90 Å². The van der Waals surface area contributed by atoms with Gasteiger partial charge in [0, 0.05) is 48.9 Å². The van der Waals surface area contributed by atoms with Crippen LogP contribution in [-0.4, -0.2) is 54.5 Å². The fourth-order valence-corrected chi connectivity index (χ4v) is 4.27. The third kappa shape index (κ3) is 6.89. The molecule has 2 amide bonds. The van der Waals surface area contributed by atoms with E-state index in [0.717, 1.165) is 42.3 Å². The second kappa shape index (κ2) is 11.8. The molecule has 1 aliphatic heterocycles. The van der Waals surface area contributed by atoms with Crippen LogP contribution < -0.4 is 5.32 Å². The first-order valence-corrected chi connectivity index (χ1v) is 11.7. The maximum atomic E-state index is 12.6. The summed E-state index contributed by atoms with van der Waals surface area (Å²) < 4.78 is 5.64. The number of hydrogen-bond acceptors (Lipinski definition) is 4. The number of aryl methyl sites for hydroxylation is 1. The zero-order valence-electron chi connectivity index (χ0n) is 17.6. The zero-order chi connectivity index (χ0) is 21.2. The lowest BCUT2D eigenvalue weighted by atomic mass is 10.1. The van der Waals surface area contributed by atoms with Crippen LogP contribution in [0, 0.1) is 6.92 Å². The molecule has 1 aliphatic rings. The lowest BCUT2D eigenvalue weighted by Crippen LogP contribution is -2.37. The molecular formula is C24H30N2O3S. The molecule has 0 radical (unpaired) electrons. The lowest BCUT2D eigenvalue weighted by molar-refractivity contribution is -0.116. The molecule has 1 fully saturated rings. The molecule has 0 saturated carbocycles. The molecule has 30 heavy (non-hydrogen) atoms. The minimum Gasteiger partial charge on any atom is -0.381 e. The quantitative estimate of drug-likeness (QED) is 0.612. The van der Waals surface area contributed by atoms with Crippen molar-refractivity contribution in [2.24, 2.45) is 0 Å². The minimum absolute atomic E-state index is 0.0307. The van der Waals surface area contributed by atoms with Crippen molar-refractivity contribution >= 4 is 29.3 Å². The number of ether oxygens (including phenoxy) is 1. The van der Waals surface area contributed by atoms with Crippen LogP contribution in [0.1, 0.15) is 34.3 Å². The fraction of sp³-hybridized carbons (Fsp3) is 0.417. The highest BCUT2D eigenvalue weighted by atomic mass is 32.2. The third-order valence-electron chi connectivity index (χ3n) is 5.12. The number of anilines is 1. The van der Waals surface area contributed by atoms with Crippen molar-refractivity contribution < 1.29 is 14.3 Å². The third-order valence-corrected chi connectivity index (χ3v) is 6.06. The van der Waals surface area contributed by atoms with Gasteiger partial charge in [-0.1, -0.05) is 30.3 Å². The normalized spacial score (nSPS) is 13.8. The Morgan fingerprint density at radius 2 is 1.83 bits per heavy atom. The van der Waals surface area contributed by atoms with Gasteiger partial charge < -0.3 is 15.0 Å². The summed E-state index contributed by atoms with van der Waals surface area (Å²) in [5.74, 6) is 2.03. The summed E-state index contributed by atoms with van der Waals surface area (Å²) >= 11 is 1.88. The summed E-state index contributed by atoms with van der Waals surface area (Å²) in [6, 6.07) is 15.7. The Bertz CT molecular complexity index is 836. The van der Waals surface area contributed by atoms with Crippen molar-refractivity contribution in [3.8, 4) is 0 Å². The largest absolute Gasteiger partial charge is 0.381 e. The second-order valence-corrected chi connectivity index (χ2v) is 8.66. The summed E-state index contributed by atoms with van der Waals surface area (Å²) in [6.45, 7) is 4.75. The molecule has 1 saturated heterocycles. The summed E-state index contributed by atoms with van der Waals surface area (Å²) in [5.41, 5.74) is 3.60. The average Bonchev–Trinajstić information content (AvgIpc) is 2.78. The molecule has 0 aromatic heterocycles. The van der Waals surface area contributed by atoms with Gasteiger partial charge in [0.2, 0.25) is 5.91 Å². The molecule has 1 N–H and O–H groups in total. The first kappa shape index (κ1) is 22.4. The van der Waals surface area contributed by atoms with E-state index in [4.69, 9.17) is 4.74 Å². The van der Waals surface area contributed by atoms with Gasteiger partial charge in [-0.3, -0.25) is 9.59 Å². The van der Waals surface area contributed by atoms with E-state index < -0.39 is 0 Å². The summed E-state index contributed by atoms with van der Waals surface area (Å²) in [5, 5.41) is 2.95. The van der Waals surface area contributed by atoms with Crippen LogP contribution in [0.25, 0.3) is 0 Å². The minimum atomic E-state index is -0.0307. The molecule has 0 aliphatic carbocycles. The number of thioether (sulfide) groups is 1. The van der Waals surface area contributed by atoms with Crippen LogP contribution in [-0.2, 0) is 16.0 Å². The molecule has 6 heteroatoms. The fourth-order valence-electron chi connectivity index (χ4n) is 3.37. The summed E-state index contributed by atoms with van der Waals surface area (Å²) in [4.78, 5) is 26.8. The molecule has 2 aromatic carbocycles. The van der Waals surface area contributed by atoms with E-state index in [1.165, 1.54) is 5.56 Å². The molecule has 1 heterocycles. The first-order valence-electron chi connectivity index (χ1n) is 10.5. The Morgan fingerprint density at radius 1 is 1.07 bits per heavy atom. The van der Waals surface area contributed by atoms with Gasteiger partial charge in [0.15, 0.2) is 0 Å². The van der Waals surface area contributed by atoms with Crippen molar-refractivity contribution in [1.29, 1.82) is 0 Å². The van der Waals surface area contributed by atoms with Gasteiger partial charge in [-0.2, -0.15) is 11.8 Å². The van der Waals surface area contributed by atoms with Gasteiger partial charge in [-0.15, -0.1) is 0 Å². The lowest BCUT2D eigenvalue weighted by Gasteiger charge is -2.26. The van der Waals surface area contributed by atoms with Crippen LogP contribution in [0.15, 0.2) is 48.5 Å². The van der Waals surface area contributed by atoms with E-state index >= 15 is 0 Å². The van der Waals surface area contributed by atoms with Crippen LogP contribution in [0.2, 0.25) is 0 Å². The van der Waals surface area contributed by atoms with Crippen LogP contribution in [0.4, 0.5) is 5.69 Å². The molecule has 0 spiro atoms. The standard InChI is InChI=1S/C24H30N2O3S/c1-19-18-21(24(28)26-12-16-30-17-13-26)9-10-22(19)25-23(27)8-5-14-29-15-11-20-6-3-2-4-7-20/h2-4,6-7,9-10,18H,5,8,11-17H2,1H3,(H,25,27). The van der Waals surface area contributed by atoms with E-state index in [-0.39, 0.29) is 11.8 Å². The Morgan fingerprint density at radius 3 is 2.57 bits per heavy atom. The van der Waals surface area contributed by atoms with Crippen LogP contribution >= 0.6 is 11.8 Å². The van der Waals surface area contributed by atoms with Crippen molar-refractivity contribution in [3.63, 3.8) is 0 Å². The van der Waals surface area contributed by atoms with Gasteiger partial charge in [0.1, 0.15) is 0 Å². The summed E-state index contributed by atoms with van der Waals surface area (Å²) in [7, 11) is 0. The van der Waals surface area contributed by atoms with Gasteiger partial charge >= 0.3 is 0 Å². The van der Waals surface area contributed by atoms with Crippen molar-refractivity contribution in [3.05, 3.63) is 65.2 Å². The molecule has 0 unspecified atom stereocenters. The van der Waals surface area contributed by atoms with Gasteiger partial charge in [-0.05, 0) is 49.1 Å². The monoisotopic (exact) mass is 426 g/mol. The highest BCUT2D eigenvalue weighted by Gasteiger charge is 2.19. The van der Waals surface area contributed by atoms with Crippen molar-refractivity contribution in [2.45, 2.75) is 26.2 Å². The molecule has 160 valence electrons. The van der Waals surface area contributed by atoms with E-state index in [2.05, 4.69) is 17.4 Å². The van der Waals surface area contributed by atoms with E-state index in [0.29, 0.717) is 31.6 Å². The Hall–Kier alpha value is -2.31. The molecular weight excluding hydrogens is 396 g/mol. The SMILES string of the molecule is Cc1cc(C(=O)N2CCSCC2)ccc1NC(=O)CCCOCCc1ccccc1. The number of amides is 2. The Balaban J connectivity index is 1.37. The highest BCUT2D eigenvalue weighted by Crippen LogP contribution is 2.19. The molecule has 5 nitrogen and oxygen atoms in total. The number of nitrogens with zero attached hydrogens (tertiary/aromatic N) is 1.